The van der Waals surface area contributed by atoms with Gasteiger partial charge in [0.25, 0.3) is 0 Å². The van der Waals surface area contributed by atoms with Crippen molar-refractivity contribution in [3.05, 3.63) is 30.1 Å². The maximum Gasteiger partial charge on any atom is 0.164 e. The van der Waals surface area contributed by atoms with E-state index in [0.717, 1.165) is 29.8 Å². The number of carbonyl (C=O) groups is 1. The molecular formula is C16H20N2O3. The molecule has 1 aromatic carbocycles. The number of nitrogens with zero attached hydrogens (tertiary/aromatic N) is 2. The van der Waals surface area contributed by atoms with Gasteiger partial charge in [-0.15, -0.1) is 0 Å². The molecule has 0 spiro atoms. The minimum absolute atomic E-state index is 0.106. The fourth-order valence-corrected chi connectivity index (χ4v) is 2.69. The maximum atomic E-state index is 12.2. The molecule has 2 heterocycles. The molecule has 0 bridgehead atoms. The van der Waals surface area contributed by atoms with Crippen molar-refractivity contribution in [3.8, 4) is 0 Å². The first-order chi connectivity index (χ1) is 10.3. The van der Waals surface area contributed by atoms with Gasteiger partial charge in [0.2, 0.25) is 0 Å². The van der Waals surface area contributed by atoms with E-state index in [0.29, 0.717) is 26.1 Å². The first kappa shape index (κ1) is 14.2. The molecule has 1 aliphatic rings. The standard InChI is InChI=1S/C16H20N2O3/c1-2-7-18-14-6-4-3-5-13(14)17-15(18)10-12(19)11-16-20-8-9-21-16/h3-6,16H,2,7-11H2,1H3. The molecule has 0 saturated carbocycles. The largest absolute Gasteiger partial charge is 0.350 e. The zero-order chi connectivity index (χ0) is 14.7. The van der Waals surface area contributed by atoms with Crippen molar-refractivity contribution in [3.63, 3.8) is 0 Å². The Kier molecular flexibility index (Phi) is 4.31. The van der Waals surface area contributed by atoms with Crippen LogP contribution in [-0.4, -0.2) is 34.8 Å². The molecule has 1 fully saturated rings. The Bertz CT molecular complexity index is 629. The Morgan fingerprint density at radius 1 is 1.33 bits per heavy atom. The number of Topliss-reactive ketones (excluding diaryl/α,β-unsaturated/α-hetero) is 1. The van der Waals surface area contributed by atoms with Crippen LogP contribution in [0.1, 0.15) is 25.6 Å². The molecule has 21 heavy (non-hydrogen) atoms. The smallest absolute Gasteiger partial charge is 0.164 e. The zero-order valence-electron chi connectivity index (χ0n) is 12.2. The highest BCUT2D eigenvalue weighted by Crippen LogP contribution is 2.18. The van der Waals surface area contributed by atoms with E-state index in [1.807, 2.05) is 18.2 Å². The van der Waals surface area contributed by atoms with Crippen LogP contribution >= 0.6 is 0 Å². The summed E-state index contributed by atoms with van der Waals surface area (Å²) in [5.74, 6) is 0.940. The number of benzene rings is 1. The van der Waals surface area contributed by atoms with Crippen molar-refractivity contribution in [2.75, 3.05) is 13.2 Å². The van der Waals surface area contributed by atoms with Gasteiger partial charge in [-0.2, -0.15) is 0 Å². The van der Waals surface area contributed by atoms with Crippen LogP contribution in [0.3, 0.4) is 0 Å². The van der Waals surface area contributed by atoms with E-state index in [-0.39, 0.29) is 12.1 Å². The van der Waals surface area contributed by atoms with Gasteiger partial charge in [0.1, 0.15) is 11.6 Å². The van der Waals surface area contributed by atoms with Gasteiger partial charge in [0, 0.05) is 6.54 Å². The van der Waals surface area contributed by atoms with Crippen LogP contribution in [0.5, 0.6) is 0 Å². The summed E-state index contributed by atoms with van der Waals surface area (Å²) in [6.45, 7) is 4.15. The number of hydrogen-bond acceptors (Lipinski definition) is 4. The average Bonchev–Trinajstić information content (AvgIpc) is 3.08. The summed E-state index contributed by atoms with van der Waals surface area (Å²) in [6, 6.07) is 8.01. The highest BCUT2D eigenvalue weighted by Gasteiger charge is 2.21. The molecule has 5 nitrogen and oxygen atoms in total. The van der Waals surface area contributed by atoms with Crippen molar-refractivity contribution >= 4 is 16.8 Å². The quantitative estimate of drug-likeness (QED) is 0.818. The molecule has 0 unspecified atom stereocenters. The third-order valence-electron chi connectivity index (χ3n) is 3.62. The lowest BCUT2D eigenvalue weighted by molar-refractivity contribution is -0.126. The van der Waals surface area contributed by atoms with Crippen molar-refractivity contribution in [2.45, 2.75) is 39.0 Å². The Hall–Kier alpha value is -1.72. The van der Waals surface area contributed by atoms with Crippen molar-refractivity contribution in [2.24, 2.45) is 0 Å². The third kappa shape index (κ3) is 3.14. The number of hydrogen-bond donors (Lipinski definition) is 0. The number of fused-ring (bicyclic) bond motifs is 1. The highest BCUT2D eigenvalue weighted by molar-refractivity contribution is 5.82. The van der Waals surface area contributed by atoms with Crippen LogP contribution < -0.4 is 0 Å². The van der Waals surface area contributed by atoms with E-state index in [1.165, 1.54) is 0 Å². The van der Waals surface area contributed by atoms with Crippen LogP contribution in [0.2, 0.25) is 0 Å². The van der Waals surface area contributed by atoms with Gasteiger partial charge in [-0.3, -0.25) is 4.79 Å². The first-order valence-corrected chi connectivity index (χ1v) is 7.47. The second-order valence-corrected chi connectivity index (χ2v) is 5.26. The molecule has 2 aromatic rings. The lowest BCUT2D eigenvalue weighted by Crippen LogP contribution is -2.17. The van der Waals surface area contributed by atoms with Gasteiger partial charge in [0.15, 0.2) is 6.29 Å². The van der Waals surface area contributed by atoms with Crippen LogP contribution in [0.4, 0.5) is 0 Å². The summed E-state index contributed by atoms with van der Waals surface area (Å²) in [6.07, 6.45) is 1.27. The number of ketones is 1. The topological polar surface area (TPSA) is 53.4 Å². The third-order valence-corrected chi connectivity index (χ3v) is 3.62. The number of imidazole rings is 1. The molecule has 0 atom stereocenters. The number of para-hydroxylation sites is 2. The molecule has 1 aromatic heterocycles. The minimum atomic E-state index is -0.374. The Labute approximate surface area is 123 Å². The molecule has 0 aliphatic carbocycles. The van der Waals surface area contributed by atoms with Gasteiger partial charge in [-0.05, 0) is 18.6 Å². The van der Waals surface area contributed by atoms with E-state index < -0.39 is 0 Å². The zero-order valence-corrected chi connectivity index (χ0v) is 12.2. The number of carbonyl (C=O) groups excluding carboxylic acids is 1. The fourth-order valence-electron chi connectivity index (χ4n) is 2.69. The van der Waals surface area contributed by atoms with Gasteiger partial charge in [-0.1, -0.05) is 19.1 Å². The molecule has 3 rings (SSSR count). The number of rotatable bonds is 6. The van der Waals surface area contributed by atoms with Gasteiger partial charge >= 0.3 is 0 Å². The molecule has 0 N–H and O–H groups in total. The van der Waals surface area contributed by atoms with Crippen LogP contribution in [0, 0.1) is 0 Å². The van der Waals surface area contributed by atoms with Gasteiger partial charge < -0.3 is 14.0 Å². The highest BCUT2D eigenvalue weighted by atomic mass is 16.7. The van der Waals surface area contributed by atoms with E-state index in [2.05, 4.69) is 22.5 Å². The van der Waals surface area contributed by atoms with Crippen LogP contribution in [-0.2, 0) is 27.2 Å². The summed E-state index contributed by atoms with van der Waals surface area (Å²) in [7, 11) is 0. The van der Waals surface area contributed by atoms with Crippen LogP contribution in [0.15, 0.2) is 24.3 Å². The summed E-state index contributed by atoms with van der Waals surface area (Å²) in [5.41, 5.74) is 2.04. The Morgan fingerprint density at radius 3 is 2.86 bits per heavy atom. The number of aryl methyl sites for hydroxylation is 1. The Morgan fingerprint density at radius 2 is 2.10 bits per heavy atom. The second-order valence-electron chi connectivity index (χ2n) is 5.26. The molecule has 5 heteroatoms. The minimum Gasteiger partial charge on any atom is -0.350 e. The van der Waals surface area contributed by atoms with Crippen molar-refractivity contribution in [1.29, 1.82) is 0 Å². The average molecular weight is 288 g/mol. The number of aromatic nitrogens is 2. The summed E-state index contributed by atoms with van der Waals surface area (Å²) >= 11 is 0. The maximum absolute atomic E-state index is 12.2. The fraction of sp³-hybridized carbons (Fsp3) is 0.500. The van der Waals surface area contributed by atoms with Crippen LogP contribution in [0.25, 0.3) is 11.0 Å². The predicted octanol–water partition coefficient (Wildman–Crippen LogP) is 2.32. The molecule has 112 valence electrons. The summed E-state index contributed by atoms with van der Waals surface area (Å²) in [4.78, 5) is 16.8. The summed E-state index contributed by atoms with van der Waals surface area (Å²) in [5, 5.41) is 0. The lowest BCUT2D eigenvalue weighted by atomic mass is 10.2. The second kappa shape index (κ2) is 6.37. The van der Waals surface area contributed by atoms with Gasteiger partial charge in [-0.25, -0.2) is 4.98 Å². The molecule has 1 saturated heterocycles. The van der Waals surface area contributed by atoms with E-state index in [9.17, 15) is 4.79 Å². The summed E-state index contributed by atoms with van der Waals surface area (Å²) < 4.78 is 12.8. The normalized spacial score (nSPS) is 15.9. The first-order valence-electron chi connectivity index (χ1n) is 7.47. The van der Waals surface area contributed by atoms with Crippen molar-refractivity contribution in [1.82, 2.24) is 9.55 Å². The molecule has 0 amide bonds. The van der Waals surface area contributed by atoms with E-state index in [4.69, 9.17) is 9.47 Å². The van der Waals surface area contributed by atoms with Crippen molar-refractivity contribution < 1.29 is 14.3 Å². The lowest BCUT2D eigenvalue weighted by Gasteiger charge is -2.09. The van der Waals surface area contributed by atoms with E-state index in [1.54, 1.807) is 0 Å². The molecule has 0 radical (unpaired) electrons. The molecule has 1 aliphatic heterocycles. The van der Waals surface area contributed by atoms with E-state index >= 15 is 0 Å². The molecular weight excluding hydrogens is 268 g/mol. The predicted molar refractivity (Wildman–Crippen MR) is 79.0 cm³/mol. The SMILES string of the molecule is CCCn1c(CC(=O)CC2OCCO2)nc2ccccc21. The monoisotopic (exact) mass is 288 g/mol. The number of ether oxygens (including phenoxy) is 2. The Balaban J connectivity index is 1.78. The van der Waals surface area contributed by atoms with Gasteiger partial charge in [0.05, 0.1) is 37.1 Å².